The molecular formula is C16H20N2O2. The van der Waals surface area contributed by atoms with Crippen LogP contribution in [0.1, 0.15) is 42.5 Å². The van der Waals surface area contributed by atoms with Crippen LogP contribution >= 0.6 is 0 Å². The minimum absolute atomic E-state index is 0.0475. The molecule has 1 aromatic carbocycles. The van der Waals surface area contributed by atoms with Crippen molar-refractivity contribution in [1.29, 1.82) is 0 Å². The van der Waals surface area contributed by atoms with E-state index < -0.39 is 0 Å². The smallest absolute Gasteiger partial charge is 0.226 e. The number of amides is 1. The highest BCUT2D eigenvalue weighted by atomic mass is 16.5. The Hall–Kier alpha value is -1.84. The van der Waals surface area contributed by atoms with Gasteiger partial charge >= 0.3 is 0 Å². The summed E-state index contributed by atoms with van der Waals surface area (Å²) in [6, 6.07) is 4.46. The largest absolute Gasteiger partial charge is 0.356 e. The molecule has 0 saturated heterocycles. The highest BCUT2D eigenvalue weighted by Crippen LogP contribution is 2.24. The van der Waals surface area contributed by atoms with Crippen LogP contribution in [-0.2, 0) is 11.2 Å². The summed E-state index contributed by atoms with van der Waals surface area (Å²) in [5.74, 6) is 0.0475. The van der Waals surface area contributed by atoms with E-state index in [1.54, 1.807) is 0 Å². The SMILES string of the molecule is Cc1cc(C)c2onc(CC(=O)NC3CCCC3)c2c1. The molecule has 3 rings (SSSR count). The summed E-state index contributed by atoms with van der Waals surface area (Å²) < 4.78 is 5.38. The second-order valence-corrected chi connectivity index (χ2v) is 5.81. The fraction of sp³-hybridized carbons (Fsp3) is 0.500. The van der Waals surface area contributed by atoms with Gasteiger partial charge in [0.2, 0.25) is 5.91 Å². The Morgan fingerprint density at radius 3 is 2.85 bits per heavy atom. The van der Waals surface area contributed by atoms with Gasteiger partial charge in [-0.1, -0.05) is 24.1 Å². The van der Waals surface area contributed by atoms with Crippen LogP contribution in [0, 0.1) is 13.8 Å². The monoisotopic (exact) mass is 272 g/mol. The number of carbonyl (C=O) groups excluding carboxylic acids is 1. The minimum atomic E-state index is 0.0475. The molecule has 0 bridgehead atoms. The number of rotatable bonds is 3. The van der Waals surface area contributed by atoms with Crippen molar-refractivity contribution in [1.82, 2.24) is 10.5 Å². The molecule has 20 heavy (non-hydrogen) atoms. The van der Waals surface area contributed by atoms with Gasteiger partial charge in [0.25, 0.3) is 0 Å². The first-order valence-electron chi connectivity index (χ1n) is 7.28. The van der Waals surface area contributed by atoms with Gasteiger partial charge in [-0.15, -0.1) is 0 Å². The molecule has 1 heterocycles. The third-order valence-electron chi connectivity index (χ3n) is 4.03. The van der Waals surface area contributed by atoms with E-state index in [1.165, 1.54) is 12.8 Å². The maximum absolute atomic E-state index is 12.1. The van der Waals surface area contributed by atoms with E-state index >= 15 is 0 Å². The lowest BCUT2D eigenvalue weighted by molar-refractivity contribution is -0.121. The standard InChI is InChI=1S/C16H20N2O2/c1-10-7-11(2)16-13(8-10)14(18-20-16)9-15(19)17-12-5-3-4-6-12/h7-8,12H,3-6,9H2,1-2H3,(H,17,19). The summed E-state index contributed by atoms with van der Waals surface area (Å²) in [5.41, 5.74) is 3.76. The maximum Gasteiger partial charge on any atom is 0.226 e. The molecule has 4 heteroatoms. The van der Waals surface area contributed by atoms with Gasteiger partial charge in [-0.05, 0) is 43.9 Å². The number of fused-ring (bicyclic) bond motifs is 1. The van der Waals surface area contributed by atoms with Crippen LogP contribution in [0.5, 0.6) is 0 Å². The van der Waals surface area contributed by atoms with Gasteiger partial charge in [0.1, 0.15) is 5.69 Å². The normalized spacial score (nSPS) is 15.9. The van der Waals surface area contributed by atoms with Crippen molar-refractivity contribution in [2.75, 3.05) is 0 Å². The molecule has 1 saturated carbocycles. The molecule has 4 nitrogen and oxygen atoms in total. The second kappa shape index (κ2) is 5.27. The molecular weight excluding hydrogens is 252 g/mol. The van der Waals surface area contributed by atoms with Gasteiger partial charge in [0, 0.05) is 11.4 Å². The number of hydrogen-bond acceptors (Lipinski definition) is 3. The third kappa shape index (κ3) is 2.55. The first-order valence-corrected chi connectivity index (χ1v) is 7.28. The molecule has 106 valence electrons. The summed E-state index contributed by atoms with van der Waals surface area (Å²) in [7, 11) is 0. The molecule has 1 fully saturated rings. The molecule has 1 aromatic heterocycles. The van der Waals surface area contributed by atoms with E-state index in [1.807, 2.05) is 19.9 Å². The van der Waals surface area contributed by atoms with Crippen LogP contribution in [0.2, 0.25) is 0 Å². The van der Waals surface area contributed by atoms with E-state index in [4.69, 9.17) is 4.52 Å². The van der Waals surface area contributed by atoms with Crippen LogP contribution in [-0.4, -0.2) is 17.1 Å². The predicted octanol–water partition coefficient (Wildman–Crippen LogP) is 3.05. The van der Waals surface area contributed by atoms with Crippen LogP contribution in [0.3, 0.4) is 0 Å². The summed E-state index contributed by atoms with van der Waals surface area (Å²) in [5, 5.41) is 8.13. The summed E-state index contributed by atoms with van der Waals surface area (Å²) in [6.45, 7) is 4.05. The summed E-state index contributed by atoms with van der Waals surface area (Å²) in [4.78, 5) is 12.1. The summed E-state index contributed by atoms with van der Waals surface area (Å²) >= 11 is 0. The molecule has 2 aromatic rings. The Balaban J connectivity index is 1.78. The van der Waals surface area contributed by atoms with Crippen molar-refractivity contribution in [2.45, 2.75) is 52.0 Å². The van der Waals surface area contributed by atoms with Crippen molar-refractivity contribution in [3.63, 3.8) is 0 Å². The number of nitrogens with zero attached hydrogens (tertiary/aromatic N) is 1. The first kappa shape index (κ1) is 13.2. The number of hydrogen-bond donors (Lipinski definition) is 1. The van der Waals surface area contributed by atoms with Gasteiger partial charge in [0.05, 0.1) is 6.42 Å². The van der Waals surface area contributed by atoms with Crippen molar-refractivity contribution in [3.8, 4) is 0 Å². The number of carbonyl (C=O) groups is 1. The van der Waals surface area contributed by atoms with E-state index in [9.17, 15) is 4.79 Å². The zero-order chi connectivity index (χ0) is 14.1. The average Bonchev–Trinajstić information content (AvgIpc) is 3.00. The van der Waals surface area contributed by atoms with Crippen LogP contribution in [0.4, 0.5) is 0 Å². The van der Waals surface area contributed by atoms with Gasteiger partial charge in [0.15, 0.2) is 5.58 Å². The van der Waals surface area contributed by atoms with Crippen LogP contribution < -0.4 is 5.32 Å². The Bertz CT molecular complexity index is 639. The van der Waals surface area contributed by atoms with Gasteiger partial charge < -0.3 is 9.84 Å². The van der Waals surface area contributed by atoms with Crippen molar-refractivity contribution < 1.29 is 9.32 Å². The Kier molecular flexibility index (Phi) is 3.47. The average molecular weight is 272 g/mol. The Labute approximate surface area is 118 Å². The minimum Gasteiger partial charge on any atom is -0.356 e. The molecule has 1 aliphatic rings. The number of aryl methyl sites for hydroxylation is 2. The highest BCUT2D eigenvalue weighted by molar-refractivity contribution is 5.88. The number of nitrogens with one attached hydrogen (secondary N) is 1. The number of aromatic nitrogens is 1. The van der Waals surface area contributed by atoms with Crippen LogP contribution in [0.15, 0.2) is 16.7 Å². The lowest BCUT2D eigenvalue weighted by atomic mass is 10.1. The van der Waals surface area contributed by atoms with Crippen molar-refractivity contribution in [2.24, 2.45) is 0 Å². The molecule has 0 unspecified atom stereocenters. The zero-order valence-electron chi connectivity index (χ0n) is 12.0. The molecule has 0 radical (unpaired) electrons. The van der Waals surface area contributed by atoms with Gasteiger partial charge in [-0.2, -0.15) is 0 Å². The van der Waals surface area contributed by atoms with Crippen LogP contribution in [0.25, 0.3) is 11.0 Å². The molecule has 1 aliphatic carbocycles. The maximum atomic E-state index is 12.1. The highest BCUT2D eigenvalue weighted by Gasteiger charge is 2.19. The Morgan fingerprint density at radius 2 is 2.10 bits per heavy atom. The van der Waals surface area contributed by atoms with E-state index in [-0.39, 0.29) is 5.91 Å². The molecule has 1 N–H and O–H groups in total. The molecule has 0 spiro atoms. The molecule has 1 amide bonds. The lowest BCUT2D eigenvalue weighted by Gasteiger charge is -2.10. The Morgan fingerprint density at radius 1 is 1.35 bits per heavy atom. The van der Waals surface area contributed by atoms with Gasteiger partial charge in [-0.25, -0.2) is 0 Å². The fourth-order valence-electron chi connectivity index (χ4n) is 3.07. The lowest BCUT2D eigenvalue weighted by Crippen LogP contribution is -2.33. The van der Waals surface area contributed by atoms with Gasteiger partial charge in [-0.3, -0.25) is 4.79 Å². The van der Waals surface area contributed by atoms with E-state index in [0.717, 1.165) is 40.6 Å². The molecule has 0 aliphatic heterocycles. The third-order valence-corrected chi connectivity index (χ3v) is 4.03. The van der Waals surface area contributed by atoms with E-state index in [0.29, 0.717) is 12.5 Å². The predicted molar refractivity (Wildman–Crippen MR) is 77.6 cm³/mol. The topological polar surface area (TPSA) is 55.1 Å². The fourth-order valence-corrected chi connectivity index (χ4v) is 3.07. The quantitative estimate of drug-likeness (QED) is 0.934. The van der Waals surface area contributed by atoms with Crippen molar-refractivity contribution in [3.05, 3.63) is 29.0 Å². The zero-order valence-corrected chi connectivity index (χ0v) is 12.0. The second-order valence-electron chi connectivity index (χ2n) is 5.81. The molecule has 0 atom stereocenters. The van der Waals surface area contributed by atoms with Crippen molar-refractivity contribution >= 4 is 16.9 Å². The van der Waals surface area contributed by atoms with E-state index in [2.05, 4.69) is 16.5 Å². The first-order chi connectivity index (χ1) is 9.63. The number of benzene rings is 1. The summed E-state index contributed by atoms with van der Waals surface area (Å²) in [6.07, 6.45) is 4.94.